The van der Waals surface area contributed by atoms with Crippen molar-refractivity contribution in [3.05, 3.63) is 98.9 Å². The molecule has 6 nitrogen and oxygen atoms in total. The summed E-state index contributed by atoms with van der Waals surface area (Å²) < 4.78 is 8.53. The maximum absolute atomic E-state index is 13.4. The molecule has 0 radical (unpaired) electrons. The number of benzene rings is 2. The maximum Gasteiger partial charge on any atom is 0.269 e. The van der Waals surface area contributed by atoms with Crippen molar-refractivity contribution in [2.45, 2.75) is 13.8 Å². The molecule has 5 rings (SSSR count). The van der Waals surface area contributed by atoms with Crippen LogP contribution in [0.3, 0.4) is 0 Å². The third kappa shape index (κ3) is 3.88. The molecule has 0 spiro atoms. The minimum Gasteiger partial charge on any atom is -0.438 e. The number of hydrogen-bond acceptors (Lipinski definition) is 6. The van der Waals surface area contributed by atoms with E-state index in [9.17, 15) is 10.1 Å². The smallest absolute Gasteiger partial charge is 0.269 e. The van der Waals surface area contributed by atoms with Crippen LogP contribution in [0.15, 0.2) is 71.7 Å². The number of ether oxygens (including phenoxy) is 1. The number of aryl methyl sites for hydroxylation is 2. The molecule has 0 aliphatic carbocycles. The van der Waals surface area contributed by atoms with Gasteiger partial charge >= 0.3 is 0 Å². The monoisotopic (exact) mass is 450 g/mol. The van der Waals surface area contributed by atoms with Gasteiger partial charge in [0.1, 0.15) is 28.0 Å². The van der Waals surface area contributed by atoms with Gasteiger partial charge in [0.05, 0.1) is 15.8 Å². The Morgan fingerprint density at radius 2 is 1.91 bits per heavy atom. The van der Waals surface area contributed by atoms with Crippen molar-refractivity contribution < 1.29 is 4.74 Å². The molecule has 0 unspecified atom stereocenters. The Hall–Kier alpha value is -4.28. The number of rotatable bonds is 4. The van der Waals surface area contributed by atoms with Gasteiger partial charge in [-0.3, -0.25) is 9.20 Å². The van der Waals surface area contributed by atoms with Gasteiger partial charge in [-0.15, -0.1) is 11.3 Å². The zero-order valence-corrected chi connectivity index (χ0v) is 18.8. The SMILES string of the molecule is Cc1ccc(Oc2nc3ccccn3c(=O)c2/C=C(\C#N)c2nc3ccccc3s2)c(C)c1. The summed E-state index contributed by atoms with van der Waals surface area (Å²) in [5, 5.41) is 10.4. The van der Waals surface area contributed by atoms with Gasteiger partial charge in [-0.25, -0.2) is 4.98 Å². The van der Waals surface area contributed by atoms with Crippen LogP contribution in [0.5, 0.6) is 11.6 Å². The normalized spacial score (nSPS) is 11.6. The highest BCUT2D eigenvalue weighted by atomic mass is 32.1. The lowest BCUT2D eigenvalue weighted by Crippen LogP contribution is -2.18. The first kappa shape index (κ1) is 20.6. The van der Waals surface area contributed by atoms with Crippen LogP contribution < -0.4 is 10.3 Å². The van der Waals surface area contributed by atoms with Gasteiger partial charge in [0.2, 0.25) is 5.88 Å². The lowest BCUT2D eigenvalue weighted by atomic mass is 10.1. The van der Waals surface area contributed by atoms with Crippen molar-refractivity contribution in [1.82, 2.24) is 14.4 Å². The highest BCUT2D eigenvalue weighted by Gasteiger charge is 2.17. The first-order valence-corrected chi connectivity index (χ1v) is 11.1. The second-order valence-electron chi connectivity index (χ2n) is 7.59. The number of thiazole rings is 1. The molecule has 2 aromatic carbocycles. The van der Waals surface area contributed by atoms with Gasteiger partial charge in [-0.2, -0.15) is 10.2 Å². The number of allylic oxidation sites excluding steroid dienone is 1. The lowest BCUT2D eigenvalue weighted by Gasteiger charge is -2.12. The van der Waals surface area contributed by atoms with Crippen LogP contribution in [0.4, 0.5) is 0 Å². The van der Waals surface area contributed by atoms with Crippen molar-refractivity contribution >= 4 is 38.8 Å². The van der Waals surface area contributed by atoms with Crippen LogP contribution in [0.2, 0.25) is 0 Å². The molecule has 0 atom stereocenters. The number of nitriles is 1. The molecule has 0 aliphatic heterocycles. The first-order chi connectivity index (χ1) is 16.0. The summed E-state index contributed by atoms with van der Waals surface area (Å²) in [5.41, 5.74) is 3.43. The average Bonchev–Trinajstić information content (AvgIpc) is 3.25. The van der Waals surface area contributed by atoms with Crippen molar-refractivity contribution in [1.29, 1.82) is 5.26 Å². The Morgan fingerprint density at radius 1 is 1.09 bits per heavy atom. The van der Waals surface area contributed by atoms with Gasteiger partial charge in [0.15, 0.2) is 0 Å². The Morgan fingerprint density at radius 3 is 2.70 bits per heavy atom. The number of aromatic nitrogens is 3. The Labute approximate surface area is 193 Å². The van der Waals surface area contributed by atoms with Crippen LogP contribution in [-0.4, -0.2) is 14.4 Å². The Bertz CT molecular complexity index is 1620. The molecule has 0 bridgehead atoms. The molecule has 3 aromatic heterocycles. The van der Waals surface area contributed by atoms with Crippen LogP contribution in [0.25, 0.3) is 27.5 Å². The van der Waals surface area contributed by atoms with E-state index >= 15 is 0 Å². The van der Waals surface area contributed by atoms with Crippen molar-refractivity contribution in [2.75, 3.05) is 0 Å². The van der Waals surface area contributed by atoms with E-state index in [-0.39, 0.29) is 22.6 Å². The molecule has 160 valence electrons. The van der Waals surface area contributed by atoms with Gasteiger partial charge in [0.25, 0.3) is 5.56 Å². The third-order valence-electron chi connectivity index (χ3n) is 5.20. The van der Waals surface area contributed by atoms with E-state index in [1.54, 1.807) is 24.4 Å². The van der Waals surface area contributed by atoms with E-state index in [1.807, 2.05) is 56.3 Å². The van der Waals surface area contributed by atoms with E-state index in [0.29, 0.717) is 16.4 Å². The van der Waals surface area contributed by atoms with E-state index in [1.165, 1.54) is 21.8 Å². The largest absolute Gasteiger partial charge is 0.438 e. The molecule has 0 aliphatic rings. The lowest BCUT2D eigenvalue weighted by molar-refractivity contribution is 0.457. The van der Waals surface area contributed by atoms with Crippen LogP contribution in [0, 0.1) is 25.2 Å². The molecule has 0 saturated heterocycles. The molecule has 0 amide bonds. The fourth-order valence-corrected chi connectivity index (χ4v) is 4.51. The molecule has 7 heteroatoms. The van der Waals surface area contributed by atoms with E-state index in [0.717, 1.165) is 21.3 Å². The summed E-state index contributed by atoms with van der Waals surface area (Å²) in [5.74, 6) is 0.743. The zero-order valence-electron chi connectivity index (χ0n) is 17.9. The van der Waals surface area contributed by atoms with E-state index < -0.39 is 0 Å². The molecule has 0 N–H and O–H groups in total. The van der Waals surface area contributed by atoms with Gasteiger partial charge in [0, 0.05) is 6.20 Å². The number of pyridine rings is 1. The van der Waals surface area contributed by atoms with E-state index in [2.05, 4.69) is 16.0 Å². The predicted molar refractivity (Wildman–Crippen MR) is 131 cm³/mol. The molecule has 0 saturated carbocycles. The second-order valence-corrected chi connectivity index (χ2v) is 8.62. The standard InChI is InChI=1S/C26H18N4O2S/c1-16-10-11-21(17(2)13-16)32-24-19(26(31)30-12-6-5-9-23(30)29-24)14-18(15-27)25-28-20-7-3-4-8-22(20)33-25/h3-14H,1-2H3/b18-14+. The third-order valence-corrected chi connectivity index (χ3v) is 6.27. The molecule has 33 heavy (non-hydrogen) atoms. The van der Waals surface area contributed by atoms with Gasteiger partial charge < -0.3 is 4.74 Å². The van der Waals surface area contributed by atoms with Crippen molar-refractivity contribution in [3.8, 4) is 17.7 Å². The minimum atomic E-state index is -0.325. The van der Waals surface area contributed by atoms with Crippen LogP contribution in [-0.2, 0) is 0 Å². The number of fused-ring (bicyclic) bond motifs is 2. The van der Waals surface area contributed by atoms with Crippen molar-refractivity contribution in [2.24, 2.45) is 0 Å². The minimum absolute atomic E-state index is 0.145. The number of hydrogen-bond donors (Lipinski definition) is 0. The Balaban J connectivity index is 1.71. The molecular weight excluding hydrogens is 432 g/mol. The topological polar surface area (TPSA) is 80.3 Å². The van der Waals surface area contributed by atoms with Crippen LogP contribution in [0.1, 0.15) is 21.7 Å². The summed E-state index contributed by atoms with van der Waals surface area (Å²) in [6.45, 7) is 3.94. The second kappa shape index (κ2) is 8.34. The predicted octanol–water partition coefficient (Wildman–Crippen LogP) is 5.78. The summed E-state index contributed by atoms with van der Waals surface area (Å²) >= 11 is 1.40. The van der Waals surface area contributed by atoms with E-state index in [4.69, 9.17) is 4.74 Å². The van der Waals surface area contributed by atoms with Gasteiger partial charge in [-0.05, 0) is 55.8 Å². The summed E-state index contributed by atoms with van der Waals surface area (Å²) in [6, 6.07) is 21.0. The first-order valence-electron chi connectivity index (χ1n) is 10.3. The Kier molecular flexibility index (Phi) is 5.21. The summed E-state index contributed by atoms with van der Waals surface area (Å²) in [6.07, 6.45) is 3.16. The number of nitrogens with zero attached hydrogens (tertiary/aromatic N) is 4. The molecule has 0 fully saturated rings. The van der Waals surface area contributed by atoms with Gasteiger partial charge in [-0.1, -0.05) is 35.9 Å². The maximum atomic E-state index is 13.4. The average molecular weight is 451 g/mol. The fraction of sp³-hybridized carbons (Fsp3) is 0.0769. The molecular formula is C26H18N4O2S. The van der Waals surface area contributed by atoms with Crippen LogP contribution >= 0.6 is 11.3 Å². The zero-order chi connectivity index (χ0) is 22.9. The fourth-order valence-electron chi connectivity index (χ4n) is 3.58. The molecule has 5 aromatic rings. The van der Waals surface area contributed by atoms with Crippen molar-refractivity contribution in [3.63, 3.8) is 0 Å². The summed E-state index contributed by atoms with van der Waals surface area (Å²) in [7, 11) is 0. The quantitative estimate of drug-likeness (QED) is 0.324. The summed E-state index contributed by atoms with van der Waals surface area (Å²) in [4.78, 5) is 22.6. The number of para-hydroxylation sites is 1. The molecule has 3 heterocycles. The highest BCUT2D eigenvalue weighted by molar-refractivity contribution is 7.19. The highest BCUT2D eigenvalue weighted by Crippen LogP contribution is 2.31.